The van der Waals surface area contributed by atoms with E-state index in [-0.39, 0.29) is 11.3 Å². The van der Waals surface area contributed by atoms with Gasteiger partial charge in [-0.15, -0.1) is 0 Å². The Kier molecular flexibility index (Phi) is 7.82. The summed E-state index contributed by atoms with van der Waals surface area (Å²) in [6.45, 7) is 8.23. The van der Waals surface area contributed by atoms with Crippen molar-refractivity contribution >= 4 is 28.8 Å². The zero-order valence-corrected chi connectivity index (χ0v) is 21.6. The molecule has 1 saturated heterocycles. The molecule has 0 spiro atoms. The first-order chi connectivity index (χ1) is 17.9. The predicted octanol–water partition coefficient (Wildman–Crippen LogP) is 5.57. The van der Waals surface area contributed by atoms with E-state index >= 15 is 0 Å². The number of rotatable bonds is 9. The van der Waals surface area contributed by atoms with E-state index in [4.69, 9.17) is 9.47 Å². The van der Waals surface area contributed by atoms with Crippen molar-refractivity contribution in [2.75, 3.05) is 36.6 Å². The van der Waals surface area contributed by atoms with Gasteiger partial charge in [-0.3, -0.25) is 14.5 Å². The van der Waals surface area contributed by atoms with Crippen LogP contribution in [0.1, 0.15) is 37.9 Å². The second kappa shape index (κ2) is 11.2. The first kappa shape index (κ1) is 25.8. The molecule has 4 rings (SSSR count). The largest absolute Gasteiger partial charge is 0.507 e. The standard InChI is InChI=1S/C30H32N2O5/c1-5-31(6-2)22-13-11-20(12-14-22)27-26(28(33)21-9-8-10-25(19-21)37-7-3)29(34)30(35)32(27)23-15-17-24(36-4)18-16-23/h8-19,27,33H,5-7H2,1-4H3/b28-26-. The molecule has 0 aromatic heterocycles. The van der Waals surface area contributed by atoms with Crippen LogP contribution in [0.25, 0.3) is 5.76 Å². The molecular formula is C30H32N2O5. The molecule has 1 unspecified atom stereocenters. The van der Waals surface area contributed by atoms with Crippen molar-refractivity contribution in [3.63, 3.8) is 0 Å². The molecule has 1 fully saturated rings. The number of aliphatic hydroxyl groups excluding tert-OH is 1. The van der Waals surface area contributed by atoms with Gasteiger partial charge in [0.15, 0.2) is 0 Å². The smallest absolute Gasteiger partial charge is 0.300 e. The van der Waals surface area contributed by atoms with E-state index < -0.39 is 17.7 Å². The summed E-state index contributed by atoms with van der Waals surface area (Å²) in [4.78, 5) is 30.5. The van der Waals surface area contributed by atoms with E-state index in [9.17, 15) is 14.7 Å². The minimum Gasteiger partial charge on any atom is -0.507 e. The molecule has 1 amide bonds. The number of carbonyl (C=O) groups excluding carboxylic acids is 2. The van der Waals surface area contributed by atoms with Crippen LogP contribution in [0.4, 0.5) is 11.4 Å². The van der Waals surface area contributed by atoms with Gasteiger partial charge in [0.1, 0.15) is 17.3 Å². The topological polar surface area (TPSA) is 79.3 Å². The predicted molar refractivity (Wildman–Crippen MR) is 145 cm³/mol. The van der Waals surface area contributed by atoms with Gasteiger partial charge in [0.05, 0.1) is 25.3 Å². The molecule has 0 bridgehead atoms. The number of hydrogen-bond acceptors (Lipinski definition) is 6. The molecule has 192 valence electrons. The van der Waals surface area contributed by atoms with E-state index in [1.54, 1.807) is 55.6 Å². The quantitative estimate of drug-likeness (QED) is 0.235. The van der Waals surface area contributed by atoms with E-state index in [2.05, 4.69) is 18.7 Å². The number of anilines is 2. The lowest BCUT2D eigenvalue weighted by Gasteiger charge is -2.27. The average molecular weight is 501 g/mol. The van der Waals surface area contributed by atoms with E-state index in [0.717, 1.165) is 18.8 Å². The lowest BCUT2D eigenvalue weighted by molar-refractivity contribution is -0.132. The molecule has 7 heteroatoms. The third-order valence-electron chi connectivity index (χ3n) is 6.55. The fourth-order valence-corrected chi connectivity index (χ4v) is 4.67. The highest BCUT2D eigenvalue weighted by molar-refractivity contribution is 6.51. The summed E-state index contributed by atoms with van der Waals surface area (Å²) in [5.41, 5.74) is 2.73. The number of carbonyl (C=O) groups is 2. The summed E-state index contributed by atoms with van der Waals surface area (Å²) in [6.07, 6.45) is 0. The van der Waals surface area contributed by atoms with Gasteiger partial charge in [-0.05, 0) is 74.9 Å². The number of benzene rings is 3. The molecule has 1 aliphatic rings. The van der Waals surface area contributed by atoms with Crippen LogP contribution in [0.3, 0.4) is 0 Å². The number of nitrogens with zero attached hydrogens (tertiary/aromatic N) is 2. The zero-order chi connectivity index (χ0) is 26.5. The highest BCUT2D eigenvalue weighted by Crippen LogP contribution is 2.43. The average Bonchev–Trinajstić information content (AvgIpc) is 3.20. The number of hydrogen-bond donors (Lipinski definition) is 1. The zero-order valence-electron chi connectivity index (χ0n) is 21.6. The number of amides is 1. The normalized spacial score (nSPS) is 16.6. The lowest BCUT2D eigenvalue weighted by Crippen LogP contribution is -2.29. The van der Waals surface area contributed by atoms with Crippen LogP contribution in [0, 0.1) is 0 Å². The third-order valence-corrected chi connectivity index (χ3v) is 6.55. The van der Waals surface area contributed by atoms with Gasteiger partial charge in [0, 0.05) is 30.0 Å². The molecule has 3 aromatic carbocycles. The fourth-order valence-electron chi connectivity index (χ4n) is 4.67. The van der Waals surface area contributed by atoms with E-state index in [1.165, 1.54) is 4.90 Å². The Balaban J connectivity index is 1.88. The van der Waals surface area contributed by atoms with Crippen molar-refractivity contribution < 1.29 is 24.2 Å². The molecule has 0 aliphatic carbocycles. The summed E-state index contributed by atoms with van der Waals surface area (Å²) in [6, 6.07) is 20.8. The Morgan fingerprint density at radius 2 is 1.59 bits per heavy atom. The number of methoxy groups -OCH3 is 1. The van der Waals surface area contributed by atoms with Crippen molar-refractivity contribution in [2.24, 2.45) is 0 Å². The summed E-state index contributed by atoms with van der Waals surface area (Å²) in [5.74, 6) is -0.489. The van der Waals surface area contributed by atoms with Crippen LogP contribution in [0.5, 0.6) is 11.5 Å². The van der Waals surface area contributed by atoms with Gasteiger partial charge in [-0.1, -0.05) is 24.3 Å². The maximum atomic E-state index is 13.4. The number of ether oxygens (including phenoxy) is 2. The molecule has 37 heavy (non-hydrogen) atoms. The van der Waals surface area contributed by atoms with Crippen LogP contribution in [-0.4, -0.2) is 43.6 Å². The first-order valence-corrected chi connectivity index (χ1v) is 12.5. The highest BCUT2D eigenvalue weighted by atomic mass is 16.5. The van der Waals surface area contributed by atoms with Gasteiger partial charge in [0.25, 0.3) is 11.7 Å². The molecular weight excluding hydrogens is 468 g/mol. The summed E-state index contributed by atoms with van der Waals surface area (Å²) < 4.78 is 10.8. The number of Topliss-reactive ketones (excluding diaryl/α,β-unsaturated/α-hetero) is 1. The van der Waals surface area contributed by atoms with Crippen molar-refractivity contribution in [1.82, 2.24) is 0 Å². The molecule has 1 N–H and O–H groups in total. The third kappa shape index (κ3) is 5.03. The van der Waals surface area contributed by atoms with Crippen molar-refractivity contribution in [1.29, 1.82) is 0 Å². The Morgan fingerprint density at radius 1 is 0.919 bits per heavy atom. The molecule has 7 nitrogen and oxygen atoms in total. The van der Waals surface area contributed by atoms with Gasteiger partial charge in [-0.2, -0.15) is 0 Å². The Morgan fingerprint density at radius 3 is 2.19 bits per heavy atom. The van der Waals surface area contributed by atoms with Gasteiger partial charge in [-0.25, -0.2) is 0 Å². The Labute approximate surface area is 217 Å². The molecule has 0 saturated carbocycles. The Hall–Kier alpha value is -4.26. The van der Waals surface area contributed by atoms with Crippen LogP contribution < -0.4 is 19.3 Å². The monoisotopic (exact) mass is 500 g/mol. The second-order valence-corrected chi connectivity index (χ2v) is 8.59. The van der Waals surface area contributed by atoms with Gasteiger partial charge < -0.3 is 19.5 Å². The molecule has 3 aromatic rings. The maximum Gasteiger partial charge on any atom is 0.300 e. The maximum absolute atomic E-state index is 13.4. The number of aliphatic hydroxyl groups is 1. The molecule has 1 atom stereocenters. The van der Waals surface area contributed by atoms with Gasteiger partial charge >= 0.3 is 0 Å². The summed E-state index contributed by atoms with van der Waals surface area (Å²) in [7, 11) is 1.56. The SMILES string of the molecule is CCOc1cccc(/C(O)=C2/C(=O)C(=O)N(c3ccc(OC)cc3)C2c2ccc(N(CC)CC)cc2)c1. The summed E-state index contributed by atoms with van der Waals surface area (Å²) in [5, 5.41) is 11.4. The Bertz CT molecular complexity index is 1290. The van der Waals surface area contributed by atoms with Crippen LogP contribution in [0.15, 0.2) is 78.4 Å². The number of ketones is 1. The van der Waals surface area contributed by atoms with Crippen LogP contribution in [0.2, 0.25) is 0 Å². The molecule has 1 heterocycles. The highest BCUT2D eigenvalue weighted by Gasteiger charge is 2.47. The molecule has 1 aliphatic heterocycles. The van der Waals surface area contributed by atoms with Crippen LogP contribution >= 0.6 is 0 Å². The fraction of sp³-hybridized carbons (Fsp3) is 0.267. The van der Waals surface area contributed by atoms with Gasteiger partial charge in [0.2, 0.25) is 0 Å². The second-order valence-electron chi connectivity index (χ2n) is 8.59. The summed E-state index contributed by atoms with van der Waals surface area (Å²) >= 11 is 0. The van der Waals surface area contributed by atoms with Crippen molar-refractivity contribution in [3.05, 3.63) is 89.5 Å². The van der Waals surface area contributed by atoms with Crippen molar-refractivity contribution in [2.45, 2.75) is 26.8 Å². The van der Waals surface area contributed by atoms with E-state index in [0.29, 0.717) is 34.9 Å². The lowest BCUT2D eigenvalue weighted by atomic mass is 9.94. The minimum atomic E-state index is -0.810. The minimum absolute atomic E-state index is 0.0325. The molecule has 0 radical (unpaired) electrons. The van der Waals surface area contributed by atoms with Crippen molar-refractivity contribution in [3.8, 4) is 11.5 Å². The first-order valence-electron chi connectivity index (χ1n) is 12.5. The van der Waals surface area contributed by atoms with Crippen LogP contribution in [-0.2, 0) is 9.59 Å². The van der Waals surface area contributed by atoms with E-state index in [1.807, 2.05) is 31.2 Å².